The van der Waals surface area contributed by atoms with Crippen molar-refractivity contribution in [1.82, 2.24) is 9.88 Å². The van der Waals surface area contributed by atoms with Crippen molar-refractivity contribution >= 4 is 27.7 Å². The number of anilines is 1. The third-order valence-electron chi connectivity index (χ3n) is 3.68. The van der Waals surface area contributed by atoms with Crippen LogP contribution in [0.25, 0.3) is 0 Å². The van der Waals surface area contributed by atoms with E-state index in [1.807, 2.05) is 55.3 Å². The van der Waals surface area contributed by atoms with E-state index in [1.165, 1.54) is 0 Å². The summed E-state index contributed by atoms with van der Waals surface area (Å²) in [5, 5.41) is 13.1. The van der Waals surface area contributed by atoms with Crippen molar-refractivity contribution < 1.29 is 9.90 Å². The van der Waals surface area contributed by atoms with Crippen LogP contribution in [0, 0.1) is 0 Å². The molecule has 5 nitrogen and oxygen atoms in total. The number of rotatable bonds is 6. The lowest BCUT2D eigenvalue weighted by atomic mass is 10.0. The minimum absolute atomic E-state index is 0.169. The Labute approximate surface area is 144 Å². The minimum atomic E-state index is -0.653. The second-order valence-electron chi connectivity index (χ2n) is 5.42. The summed E-state index contributed by atoms with van der Waals surface area (Å²) in [5.41, 5.74) is 0.835. The zero-order valence-electron chi connectivity index (χ0n) is 13.1. The van der Waals surface area contributed by atoms with Gasteiger partial charge in [0.15, 0.2) is 0 Å². The number of nitrogens with one attached hydrogen (secondary N) is 1. The van der Waals surface area contributed by atoms with Crippen molar-refractivity contribution in [1.29, 1.82) is 0 Å². The molecule has 0 radical (unpaired) electrons. The van der Waals surface area contributed by atoms with Crippen LogP contribution in [-0.2, 0) is 4.79 Å². The number of benzene rings is 1. The average molecular weight is 378 g/mol. The van der Waals surface area contributed by atoms with E-state index in [9.17, 15) is 9.90 Å². The highest BCUT2D eigenvalue weighted by molar-refractivity contribution is 9.10. The molecule has 2 N–H and O–H groups in total. The molecular formula is C17H20BrN3O2. The maximum absolute atomic E-state index is 12.1. The fourth-order valence-corrected chi connectivity index (χ4v) is 2.41. The fraction of sp³-hybridized carbons (Fsp3) is 0.294. The molecule has 2 rings (SSSR count). The van der Waals surface area contributed by atoms with Gasteiger partial charge in [-0.2, -0.15) is 0 Å². The zero-order valence-corrected chi connectivity index (χ0v) is 14.7. The van der Waals surface area contributed by atoms with Crippen LogP contribution in [0.5, 0.6) is 0 Å². The van der Waals surface area contributed by atoms with E-state index in [1.54, 1.807) is 12.3 Å². The summed E-state index contributed by atoms with van der Waals surface area (Å²) < 4.78 is 0.854. The van der Waals surface area contributed by atoms with Crippen LogP contribution >= 0.6 is 15.9 Å². The summed E-state index contributed by atoms with van der Waals surface area (Å²) in [5.74, 6) is 0.331. The standard InChI is InChI=1S/C17H20BrN3O2/c1-12(17(23)13-6-4-3-5-7-13)21(2)11-16(22)20-15-9-8-14(18)10-19-15/h3-10,12,17,23H,11H2,1-2H3,(H,19,20,22)/t12-,17+/m0/s1. The first kappa shape index (κ1) is 17.6. The number of amides is 1. The van der Waals surface area contributed by atoms with Gasteiger partial charge in [0.25, 0.3) is 0 Å². The van der Waals surface area contributed by atoms with Crippen molar-refractivity contribution in [3.63, 3.8) is 0 Å². The van der Waals surface area contributed by atoms with Crippen LogP contribution in [0.3, 0.4) is 0 Å². The van der Waals surface area contributed by atoms with Gasteiger partial charge in [0.2, 0.25) is 5.91 Å². The highest BCUT2D eigenvalue weighted by Gasteiger charge is 2.22. The van der Waals surface area contributed by atoms with Gasteiger partial charge in [-0.1, -0.05) is 30.3 Å². The summed E-state index contributed by atoms with van der Waals surface area (Å²) in [6.45, 7) is 2.06. The fourth-order valence-electron chi connectivity index (χ4n) is 2.17. The molecule has 0 bridgehead atoms. The van der Waals surface area contributed by atoms with E-state index in [0.717, 1.165) is 10.0 Å². The molecule has 0 spiro atoms. The van der Waals surface area contributed by atoms with Gasteiger partial charge in [-0.15, -0.1) is 0 Å². The molecule has 0 aliphatic heterocycles. The number of nitrogens with zero attached hydrogens (tertiary/aromatic N) is 2. The van der Waals surface area contributed by atoms with Crippen molar-refractivity contribution in [2.45, 2.75) is 19.1 Å². The van der Waals surface area contributed by atoms with Gasteiger partial charge in [0.05, 0.1) is 12.6 Å². The summed E-state index contributed by atoms with van der Waals surface area (Å²) in [6, 6.07) is 12.8. The Morgan fingerprint density at radius 2 is 2.00 bits per heavy atom. The monoisotopic (exact) mass is 377 g/mol. The molecule has 23 heavy (non-hydrogen) atoms. The highest BCUT2D eigenvalue weighted by Crippen LogP contribution is 2.19. The van der Waals surface area contributed by atoms with E-state index in [4.69, 9.17) is 0 Å². The molecule has 0 fully saturated rings. The van der Waals surface area contributed by atoms with Gasteiger partial charge in [-0.3, -0.25) is 9.69 Å². The Morgan fingerprint density at radius 1 is 1.30 bits per heavy atom. The smallest absolute Gasteiger partial charge is 0.239 e. The lowest BCUT2D eigenvalue weighted by molar-refractivity contribution is -0.118. The van der Waals surface area contributed by atoms with E-state index in [0.29, 0.717) is 5.82 Å². The number of aliphatic hydroxyl groups excluding tert-OH is 1. The van der Waals surface area contributed by atoms with Crippen molar-refractivity contribution in [3.05, 3.63) is 58.7 Å². The molecule has 0 aliphatic carbocycles. The first-order valence-corrected chi connectivity index (χ1v) is 8.11. The van der Waals surface area contributed by atoms with Crippen LogP contribution in [0.2, 0.25) is 0 Å². The Hall–Kier alpha value is -1.76. The van der Waals surface area contributed by atoms with Crippen LogP contribution < -0.4 is 5.32 Å². The number of hydrogen-bond donors (Lipinski definition) is 2. The lowest BCUT2D eigenvalue weighted by Crippen LogP contribution is -2.39. The number of carbonyl (C=O) groups excluding carboxylic acids is 1. The molecule has 2 atom stereocenters. The van der Waals surface area contributed by atoms with Crippen LogP contribution in [0.15, 0.2) is 53.1 Å². The normalized spacial score (nSPS) is 13.6. The lowest BCUT2D eigenvalue weighted by Gasteiger charge is -2.28. The Bertz CT molecular complexity index is 634. The molecule has 1 aromatic heterocycles. The van der Waals surface area contributed by atoms with Gasteiger partial charge in [0, 0.05) is 16.7 Å². The highest BCUT2D eigenvalue weighted by atomic mass is 79.9. The van der Waals surface area contributed by atoms with E-state index in [-0.39, 0.29) is 18.5 Å². The first-order valence-electron chi connectivity index (χ1n) is 7.32. The second-order valence-corrected chi connectivity index (χ2v) is 6.34. The molecule has 1 amide bonds. The minimum Gasteiger partial charge on any atom is -0.387 e. The third kappa shape index (κ3) is 5.13. The maximum Gasteiger partial charge on any atom is 0.239 e. The number of carbonyl (C=O) groups is 1. The summed E-state index contributed by atoms with van der Waals surface area (Å²) in [4.78, 5) is 18.0. The molecule has 1 heterocycles. The first-order chi connectivity index (χ1) is 11.0. The summed E-state index contributed by atoms with van der Waals surface area (Å²) >= 11 is 3.30. The molecule has 2 aromatic rings. The predicted octanol–water partition coefficient (Wildman–Crippen LogP) is 2.84. The van der Waals surface area contributed by atoms with E-state index >= 15 is 0 Å². The molecule has 122 valence electrons. The Balaban J connectivity index is 1.91. The number of aromatic nitrogens is 1. The topological polar surface area (TPSA) is 65.5 Å². The van der Waals surface area contributed by atoms with Crippen molar-refractivity contribution in [3.8, 4) is 0 Å². The average Bonchev–Trinajstić information content (AvgIpc) is 2.56. The molecule has 0 saturated carbocycles. The Morgan fingerprint density at radius 3 is 2.61 bits per heavy atom. The summed E-state index contributed by atoms with van der Waals surface area (Å²) in [6.07, 6.45) is 0.973. The van der Waals surface area contributed by atoms with Gasteiger partial charge in [-0.25, -0.2) is 4.98 Å². The molecule has 6 heteroatoms. The molecule has 1 aromatic carbocycles. The largest absolute Gasteiger partial charge is 0.387 e. The summed E-state index contributed by atoms with van der Waals surface area (Å²) in [7, 11) is 1.81. The van der Waals surface area contributed by atoms with Crippen LogP contribution in [0.4, 0.5) is 5.82 Å². The van der Waals surface area contributed by atoms with Crippen LogP contribution in [0.1, 0.15) is 18.6 Å². The van der Waals surface area contributed by atoms with E-state index < -0.39 is 6.10 Å². The number of hydrogen-bond acceptors (Lipinski definition) is 4. The second kappa shape index (κ2) is 8.19. The van der Waals surface area contributed by atoms with Gasteiger partial charge < -0.3 is 10.4 Å². The van der Waals surface area contributed by atoms with E-state index in [2.05, 4.69) is 26.2 Å². The third-order valence-corrected chi connectivity index (χ3v) is 4.15. The predicted molar refractivity (Wildman–Crippen MR) is 94.1 cm³/mol. The molecular weight excluding hydrogens is 358 g/mol. The zero-order chi connectivity index (χ0) is 16.8. The van der Waals surface area contributed by atoms with Gasteiger partial charge in [-0.05, 0) is 47.6 Å². The maximum atomic E-state index is 12.1. The molecule has 0 unspecified atom stereocenters. The Kier molecular flexibility index (Phi) is 6.27. The van der Waals surface area contributed by atoms with Gasteiger partial charge in [0.1, 0.15) is 5.82 Å². The van der Waals surface area contributed by atoms with Crippen LogP contribution in [-0.4, -0.2) is 40.5 Å². The van der Waals surface area contributed by atoms with Gasteiger partial charge >= 0.3 is 0 Å². The number of pyridine rings is 1. The molecule has 0 aliphatic rings. The number of aliphatic hydroxyl groups is 1. The quantitative estimate of drug-likeness (QED) is 0.812. The number of likely N-dealkylation sites (N-methyl/N-ethyl adjacent to an activating group) is 1. The SMILES string of the molecule is C[C@@H]([C@@H](O)c1ccccc1)N(C)CC(=O)Nc1ccc(Br)cn1. The molecule has 0 saturated heterocycles. The van der Waals surface area contributed by atoms with Crippen molar-refractivity contribution in [2.75, 3.05) is 18.9 Å². The van der Waals surface area contributed by atoms with Crippen molar-refractivity contribution in [2.24, 2.45) is 0 Å². The number of halogens is 1.